The SMILES string of the molecule is CCOC(=O)c1nc(-c2cc(Cl)c(OCC[C@H](O)[C@@H](O)CCOc3c(Cl)cc(CCC(=O)OC)cc3Cl)c(Cl)c2)oc1CC. The van der Waals surface area contributed by atoms with Crippen molar-refractivity contribution in [3.8, 4) is 23.0 Å². The molecule has 0 amide bonds. The molecule has 14 heteroatoms. The number of esters is 2. The van der Waals surface area contributed by atoms with Gasteiger partial charge >= 0.3 is 11.9 Å². The molecule has 1 heterocycles. The Kier molecular flexibility index (Phi) is 13.9. The Bertz CT molecular complexity index is 1400. The molecule has 0 unspecified atom stereocenters. The summed E-state index contributed by atoms with van der Waals surface area (Å²) in [5, 5.41) is 21.7. The number of carbonyl (C=O) groups excluding carboxylic acids is 2. The number of oxazole rings is 1. The van der Waals surface area contributed by atoms with Crippen molar-refractivity contribution < 1.29 is 43.2 Å². The lowest BCUT2D eigenvalue weighted by molar-refractivity contribution is -0.140. The molecule has 2 aromatic carbocycles. The van der Waals surface area contributed by atoms with Crippen LogP contribution in [0.2, 0.25) is 20.1 Å². The first-order valence-electron chi connectivity index (χ1n) is 13.8. The van der Waals surface area contributed by atoms with Crippen LogP contribution in [-0.4, -0.2) is 66.3 Å². The number of methoxy groups -OCH3 is 1. The fourth-order valence-corrected chi connectivity index (χ4v) is 5.32. The molecule has 0 aliphatic heterocycles. The van der Waals surface area contributed by atoms with Gasteiger partial charge in [-0.05, 0) is 43.2 Å². The van der Waals surface area contributed by atoms with E-state index in [0.29, 0.717) is 24.2 Å². The van der Waals surface area contributed by atoms with E-state index < -0.39 is 18.2 Å². The third kappa shape index (κ3) is 9.63. The van der Waals surface area contributed by atoms with Gasteiger partial charge < -0.3 is 33.6 Å². The van der Waals surface area contributed by atoms with Crippen molar-refractivity contribution in [1.29, 1.82) is 0 Å². The van der Waals surface area contributed by atoms with E-state index >= 15 is 0 Å². The van der Waals surface area contributed by atoms with Crippen LogP contribution in [0.1, 0.15) is 54.9 Å². The zero-order valence-corrected chi connectivity index (χ0v) is 27.4. The maximum atomic E-state index is 12.2. The molecule has 1 aromatic heterocycles. The summed E-state index contributed by atoms with van der Waals surface area (Å²) in [7, 11) is 1.32. The number of rotatable bonds is 16. The molecule has 0 spiro atoms. The molecule has 3 aromatic rings. The van der Waals surface area contributed by atoms with Crippen molar-refractivity contribution in [3.05, 3.63) is 61.4 Å². The largest absolute Gasteiger partial charge is 0.490 e. The fraction of sp³-hybridized carbons (Fsp3) is 0.433. The van der Waals surface area contributed by atoms with Gasteiger partial charge in [-0.1, -0.05) is 53.3 Å². The highest BCUT2D eigenvalue weighted by Gasteiger charge is 2.23. The summed E-state index contributed by atoms with van der Waals surface area (Å²) in [6, 6.07) is 6.36. The number of aliphatic hydroxyl groups excluding tert-OH is 2. The first-order valence-corrected chi connectivity index (χ1v) is 15.3. The molecule has 44 heavy (non-hydrogen) atoms. The Morgan fingerprint density at radius 1 is 0.886 bits per heavy atom. The van der Waals surface area contributed by atoms with Crippen molar-refractivity contribution >= 4 is 58.3 Å². The molecule has 0 radical (unpaired) electrons. The molecule has 0 bridgehead atoms. The second kappa shape index (κ2) is 17.1. The minimum Gasteiger partial charge on any atom is -0.490 e. The Morgan fingerprint density at radius 2 is 1.41 bits per heavy atom. The number of aryl methyl sites for hydroxylation is 2. The van der Waals surface area contributed by atoms with E-state index in [1.165, 1.54) is 19.2 Å². The summed E-state index contributed by atoms with van der Waals surface area (Å²) in [6.45, 7) is 3.74. The molecular weight excluding hydrogens is 660 g/mol. The van der Waals surface area contributed by atoms with Crippen LogP contribution in [-0.2, 0) is 27.1 Å². The summed E-state index contributed by atoms with van der Waals surface area (Å²) in [5.41, 5.74) is 1.27. The highest BCUT2D eigenvalue weighted by molar-refractivity contribution is 6.38. The van der Waals surface area contributed by atoms with Crippen LogP contribution >= 0.6 is 46.4 Å². The van der Waals surface area contributed by atoms with Crippen LogP contribution in [0.5, 0.6) is 11.5 Å². The summed E-state index contributed by atoms with van der Waals surface area (Å²) >= 11 is 25.4. The quantitative estimate of drug-likeness (QED) is 0.155. The number of carbonyl (C=O) groups is 2. The molecule has 3 rings (SSSR count). The van der Waals surface area contributed by atoms with E-state index in [4.69, 9.17) is 65.0 Å². The smallest absolute Gasteiger partial charge is 0.360 e. The standard InChI is InChI=1S/C30H33Cl4NO9/c1-4-24-26(30(39)41-5-2)35-29(44-24)17-14-20(33)28(21(34)15-17)43-11-9-23(37)22(36)8-10-42-27-18(31)12-16(13-19(27)32)6-7-25(38)40-3/h12-15,22-23,36-37H,4-11H2,1-3H3/t22-,23-/m0/s1. The summed E-state index contributed by atoms with van der Waals surface area (Å²) in [5.74, 6) is 0.00696. The number of halogens is 4. The van der Waals surface area contributed by atoms with Gasteiger partial charge in [0.25, 0.3) is 0 Å². The van der Waals surface area contributed by atoms with Gasteiger partial charge in [0.15, 0.2) is 17.2 Å². The third-order valence-corrected chi connectivity index (χ3v) is 7.52. The van der Waals surface area contributed by atoms with Crippen LogP contribution < -0.4 is 9.47 Å². The van der Waals surface area contributed by atoms with Gasteiger partial charge in [-0.3, -0.25) is 4.79 Å². The maximum absolute atomic E-state index is 12.2. The Labute approximate surface area is 275 Å². The van der Waals surface area contributed by atoms with Gasteiger partial charge in [0.1, 0.15) is 5.76 Å². The molecule has 240 valence electrons. The lowest BCUT2D eigenvalue weighted by Gasteiger charge is -2.19. The van der Waals surface area contributed by atoms with Gasteiger partial charge in [-0.2, -0.15) is 0 Å². The lowest BCUT2D eigenvalue weighted by Crippen LogP contribution is -2.29. The molecule has 2 N–H and O–H groups in total. The fourth-order valence-electron chi connectivity index (χ4n) is 4.09. The number of ether oxygens (including phenoxy) is 4. The van der Waals surface area contributed by atoms with Gasteiger partial charge in [-0.15, -0.1) is 0 Å². The molecule has 0 fully saturated rings. The van der Waals surface area contributed by atoms with Crippen LogP contribution in [0.25, 0.3) is 11.5 Å². The predicted molar refractivity (Wildman–Crippen MR) is 166 cm³/mol. The van der Waals surface area contributed by atoms with Crippen molar-refractivity contribution in [2.45, 2.75) is 58.2 Å². The molecular formula is C30H33Cl4NO9. The number of hydrogen-bond acceptors (Lipinski definition) is 10. The number of benzene rings is 2. The number of aliphatic hydroxyl groups is 2. The lowest BCUT2D eigenvalue weighted by atomic mass is 10.1. The second-order valence-electron chi connectivity index (χ2n) is 9.51. The third-order valence-electron chi connectivity index (χ3n) is 6.40. The maximum Gasteiger partial charge on any atom is 0.360 e. The van der Waals surface area contributed by atoms with Crippen molar-refractivity contribution in [2.75, 3.05) is 26.9 Å². The van der Waals surface area contributed by atoms with E-state index in [1.807, 2.05) is 6.92 Å². The molecule has 2 atom stereocenters. The highest BCUT2D eigenvalue weighted by atomic mass is 35.5. The van der Waals surface area contributed by atoms with Gasteiger partial charge in [0.2, 0.25) is 5.89 Å². The van der Waals surface area contributed by atoms with E-state index in [1.54, 1.807) is 19.1 Å². The number of aromatic nitrogens is 1. The molecule has 0 aliphatic rings. The van der Waals surface area contributed by atoms with Crippen molar-refractivity contribution in [2.24, 2.45) is 0 Å². The monoisotopic (exact) mass is 691 g/mol. The number of hydrogen-bond donors (Lipinski definition) is 2. The molecule has 0 aliphatic carbocycles. The van der Waals surface area contributed by atoms with Crippen LogP contribution in [0.15, 0.2) is 28.7 Å². The van der Waals surface area contributed by atoms with Crippen LogP contribution in [0.4, 0.5) is 0 Å². The van der Waals surface area contributed by atoms with Crippen LogP contribution in [0.3, 0.4) is 0 Å². The van der Waals surface area contributed by atoms with E-state index in [-0.39, 0.29) is 88.2 Å². The topological polar surface area (TPSA) is 138 Å². The number of nitrogens with zero attached hydrogens (tertiary/aromatic N) is 1. The summed E-state index contributed by atoms with van der Waals surface area (Å²) < 4.78 is 26.8. The van der Waals surface area contributed by atoms with E-state index in [0.717, 1.165) is 5.56 Å². The molecule has 0 saturated carbocycles. The first-order chi connectivity index (χ1) is 21.0. The zero-order chi connectivity index (χ0) is 32.4. The van der Waals surface area contributed by atoms with Crippen molar-refractivity contribution in [3.63, 3.8) is 0 Å². The van der Waals surface area contributed by atoms with Crippen LogP contribution in [0, 0.1) is 0 Å². The average molecular weight is 693 g/mol. The predicted octanol–water partition coefficient (Wildman–Crippen LogP) is 6.76. The Hall–Kier alpha value is -2.73. The average Bonchev–Trinajstić information content (AvgIpc) is 3.43. The van der Waals surface area contributed by atoms with Gasteiger partial charge in [0.05, 0.1) is 59.2 Å². The molecule has 10 nitrogen and oxygen atoms in total. The van der Waals surface area contributed by atoms with Gasteiger partial charge in [0, 0.05) is 31.2 Å². The van der Waals surface area contributed by atoms with E-state index in [2.05, 4.69) is 9.72 Å². The molecule has 0 saturated heterocycles. The zero-order valence-electron chi connectivity index (χ0n) is 24.3. The first kappa shape index (κ1) is 35.7. The highest BCUT2D eigenvalue weighted by Crippen LogP contribution is 2.38. The van der Waals surface area contributed by atoms with Crippen molar-refractivity contribution in [1.82, 2.24) is 4.98 Å². The minimum atomic E-state index is -1.14. The Morgan fingerprint density at radius 3 is 1.89 bits per heavy atom. The Balaban J connectivity index is 1.52. The normalized spacial score (nSPS) is 12.5. The summed E-state index contributed by atoms with van der Waals surface area (Å²) in [4.78, 5) is 27.8. The summed E-state index contributed by atoms with van der Waals surface area (Å²) in [6.07, 6.45) is -1.11. The van der Waals surface area contributed by atoms with Gasteiger partial charge in [-0.25, -0.2) is 9.78 Å². The minimum absolute atomic E-state index is 0.00540. The second-order valence-corrected chi connectivity index (χ2v) is 11.1. The van der Waals surface area contributed by atoms with E-state index in [9.17, 15) is 19.8 Å².